The van der Waals surface area contributed by atoms with E-state index in [1.165, 1.54) is 24.3 Å². The van der Waals surface area contributed by atoms with E-state index in [0.29, 0.717) is 9.92 Å². The molecule has 1 heterocycles. The first-order chi connectivity index (χ1) is 12.8. The predicted molar refractivity (Wildman–Crippen MR) is 95.4 cm³/mol. The zero-order valence-electron chi connectivity index (χ0n) is 13.2. The highest BCUT2D eigenvalue weighted by Gasteiger charge is 2.30. The van der Waals surface area contributed by atoms with Crippen LogP contribution in [-0.2, 0) is 17.0 Å². The van der Waals surface area contributed by atoms with Gasteiger partial charge in [-0.05, 0) is 54.0 Å². The number of anilines is 1. The van der Waals surface area contributed by atoms with Crippen LogP contribution in [0, 0.1) is 0 Å². The van der Waals surface area contributed by atoms with Crippen LogP contribution in [0.5, 0.6) is 0 Å². The van der Waals surface area contributed by atoms with Gasteiger partial charge in [-0.3, -0.25) is 4.79 Å². The van der Waals surface area contributed by atoms with Gasteiger partial charge in [0.15, 0.2) is 9.90 Å². The molecule has 5 nitrogen and oxygen atoms in total. The summed E-state index contributed by atoms with van der Waals surface area (Å²) in [6.07, 6.45) is -4.54. The zero-order valence-corrected chi connectivity index (χ0v) is 15.5. The smallest absolute Gasteiger partial charge is 0.321 e. The highest BCUT2D eigenvalue weighted by atomic mass is 35.5. The van der Waals surface area contributed by atoms with Crippen molar-refractivity contribution < 1.29 is 22.2 Å². The Hall–Kier alpha value is -2.30. The second-order valence-corrected chi connectivity index (χ2v) is 8.03. The number of nitrogens with one attached hydrogen (secondary N) is 1. The lowest BCUT2D eigenvalue weighted by molar-refractivity contribution is -0.137. The number of halogens is 4. The maximum atomic E-state index is 12.8. The Morgan fingerprint density at radius 3 is 2.52 bits per heavy atom. The minimum Gasteiger partial charge on any atom is -0.321 e. The van der Waals surface area contributed by atoms with Crippen molar-refractivity contribution >= 4 is 45.5 Å². The number of hydrogen-bond acceptors (Lipinski definition) is 5. The van der Waals surface area contributed by atoms with E-state index in [1.807, 2.05) is 0 Å². The van der Waals surface area contributed by atoms with Gasteiger partial charge in [0.25, 0.3) is 5.91 Å². The predicted octanol–water partition coefficient (Wildman–Crippen LogP) is 4.63. The summed E-state index contributed by atoms with van der Waals surface area (Å²) in [5.41, 5.74) is -1.18. The van der Waals surface area contributed by atoms with Gasteiger partial charge < -0.3 is 5.32 Å². The molecule has 1 N–H and O–H groups in total. The number of nitrogens with zero attached hydrogens (tertiary/aromatic N) is 2. The molecule has 0 bridgehead atoms. The van der Waals surface area contributed by atoms with Crippen LogP contribution < -0.4 is 5.32 Å². The maximum Gasteiger partial charge on any atom is 0.416 e. The maximum absolute atomic E-state index is 12.8. The van der Waals surface area contributed by atoms with E-state index in [2.05, 4.69) is 14.9 Å². The summed E-state index contributed by atoms with van der Waals surface area (Å²) in [6.45, 7) is 0. The van der Waals surface area contributed by atoms with Gasteiger partial charge in [-0.25, -0.2) is 4.21 Å². The van der Waals surface area contributed by atoms with Gasteiger partial charge in [-0.1, -0.05) is 22.2 Å². The number of carbonyl (C=O) groups excluding carboxylic acids is 1. The van der Waals surface area contributed by atoms with E-state index in [0.717, 1.165) is 23.7 Å². The summed E-state index contributed by atoms with van der Waals surface area (Å²) in [7, 11) is -1.74. The molecule has 11 heteroatoms. The Kier molecular flexibility index (Phi) is 5.59. The van der Waals surface area contributed by atoms with E-state index in [-0.39, 0.29) is 15.6 Å². The number of amides is 1. The van der Waals surface area contributed by atoms with Crippen molar-refractivity contribution in [3.05, 3.63) is 64.8 Å². The van der Waals surface area contributed by atoms with Crippen molar-refractivity contribution in [1.29, 1.82) is 0 Å². The third-order valence-corrected chi connectivity index (χ3v) is 6.00. The second-order valence-electron chi connectivity index (χ2n) is 5.16. The minimum absolute atomic E-state index is 0.0638. The summed E-state index contributed by atoms with van der Waals surface area (Å²) in [5, 5.41) is 6.44. The van der Waals surface area contributed by atoms with Crippen LogP contribution in [0.25, 0.3) is 0 Å². The molecule has 1 atom stereocenters. The van der Waals surface area contributed by atoms with Crippen LogP contribution in [0.4, 0.5) is 18.9 Å². The van der Waals surface area contributed by atoms with Crippen LogP contribution in [0.3, 0.4) is 0 Å². The molecule has 0 saturated heterocycles. The Morgan fingerprint density at radius 1 is 1.15 bits per heavy atom. The number of carbonyl (C=O) groups is 1. The highest BCUT2D eigenvalue weighted by molar-refractivity contribution is 7.87. The fourth-order valence-electron chi connectivity index (χ4n) is 2.07. The Balaban J connectivity index is 1.84. The van der Waals surface area contributed by atoms with E-state index in [1.54, 1.807) is 12.1 Å². The van der Waals surface area contributed by atoms with Gasteiger partial charge in [0.2, 0.25) is 0 Å². The fraction of sp³-hybridized carbons (Fsp3) is 0.0625. The number of benzene rings is 2. The topological polar surface area (TPSA) is 72.0 Å². The Morgan fingerprint density at radius 2 is 1.85 bits per heavy atom. The largest absolute Gasteiger partial charge is 0.416 e. The van der Waals surface area contributed by atoms with E-state index >= 15 is 0 Å². The molecule has 0 spiro atoms. The van der Waals surface area contributed by atoms with Crippen LogP contribution in [-0.4, -0.2) is 19.7 Å². The van der Waals surface area contributed by atoms with Crippen molar-refractivity contribution in [2.75, 3.05) is 5.32 Å². The van der Waals surface area contributed by atoms with E-state index < -0.39 is 28.4 Å². The van der Waals surface area contributed by atoms with E-state index in [9.17, 15) is 22.2 Å². The van der Waals surface area contributed by atoms with Gasteiger partial charge in [0, 0.05) is 15.6 Å². The number of aromatic nitrogens is 2. The Labute approximate surface area is 162 Å². The minimum atomic E-state index is -4.54. The van der Waals surface area contributed by atoms with Crippen LogP contribution in [0.1, 0.15) is 16.1 Å². The van der Waals surface area contributed by atoms with Crippen molar-refractivity contribution in [2.24, 2.45) is 0 Å². The molecule has 0 radical (unpaired) electrons. The fourth-order valence-corrected chi connectivity index (χ4v) is 4.18. The number of rotatable bonds is 4. The highest BCUT2D eigenvalue weighted by Crippen LogP contribution is 2.31. The lowest BCUT2D eigenvalue weighted by atomic mass is 10.2. The molecule has 0 aliphatic rings. The molecule has 0 fully saturated rings. The SMILES string of the molecule is O=C(Nc1cccc(C(F)(F)F)c1)c1nnsc1S(=O)c1ccc(Cl)cc1. The quantitative estimate of drug-likeness (QED) is 0.653. The molecule has 140 valence electrons. The summed E-state index contributed by atoms with van der Waals surface area (Å²) in [6, 6.07) is 10.3. The Bertz CT molecular complexity index is 1010. The van der Waals surface area contributed by atoms with E-state index in [4.69, 9.17) is 11.6 Å². The molecule has 0 aliphatic carbocycles. The number of hydrogen-bond donors (Lipinski definition) is 1. The van der Waals surface area contributed by atoms with Crippen LogP contribution >= 0.6 is 23.1 Å². The summed E-state index contributed by atoms with van der Waals surface area (Å²) in [5.74, 6) is -0.805. The molecule has 3 rings (SSSR count). The molecule has 0 saturated carbocycles. The molecule has 1 unspecified atom stereocenters. The monoisotopic (exact) mass is 431 g/mol. The van der Waals surface area contributed by atoms with Gasteiger partial charge in [-0.2, -0.15) is 13.2 Å². The molecule has 1 amide bonds. The average molecular weight is 432 g/mol. The van der Waals surface area contributed by atoms with Crippen molar-refractivity contribution in [3.63, 3.8) is 0 Å². The van der Waals surface area contributed by atoms with Gasteiger partial charge in [-0.15, -0.1) is 5.10 Å². The van der Waals surface area contributed by atoms with Gasteiger partial charge in [0.1, 0.15) is 0 Å². The summed E-state index contributed by atoms with van der Waals surface area (Å²) >= 11 is 6.56. The van der Waals surface area contributed by atoms with Crippen molar-refractivity contribution in [1.82, 2.24) is 9.59 Å². The first-order valence-electron chi connectivity index (χ1n) is 7.24. The van der Waals surface area contributed by atoms with Gasteiger partial charge >= 0.3 is 6.18 Å². The second kappa shape index (κ2) is 7.75. The molecule has 3 aromatic rings. The first-order valence-corrected chi connectivity index (χ1v) is 9.54. The van der Waals surface area contributed by atoms with Crippen molar-refractivity contribution in [2.45, 2.75) is 15.3 Å². The molecule has 0 aliphatic heterocycles. The van der Waals surface area contributed by atoms with Crippen molar-refractivity contribution in [3.8, 4) is 0 Å². The molecule has 27 heavy (non-hydrogen) atoms. The lowest BCUT2D eigenvalue weighted by Crippen LogP contribution is -2.15. The van der Waals surface area contributed by atoms with Gasteiger partial charge in [0.05, 0.1) is 16.4 Å². The standard InChI is InChI=1S/C16H9ClF3N3O2S2/c17-10-4-6-12(7-5-10)27(25)15-13(22-23-26-15)14(24)21-11-3-1-2-9(8-11)16(18,19)20/h1-8H,(H,21,24). The molecular formula is C16H9ClF3N3O2S2. The number of alkyl halides is 3. The third-order valence-electron chi connectivity index (χ3n) is 3.32. The van der Waals surface area contributed by atoms with Crippen LogP contribution in [0.2, 0.25) is 5.02 Å². The first kappa shape index (κ1) is 19.5. The van der Waals surface area contributed by atoms with Crippen LogP contribution in [0.15, 0.2) is 57.6 Å². The normalized spacial score (nSPS) is 12.6. The molecular weight excluding hydrogens is 423 g/mol. The lowest BCUT2D eigenvalue weighted by Gasteiger charge is -2.09. The third kappa shape index (κ3) is 4.52. The molecule has 1 aromatic heterocycles. The zero-order chi connectivity index (χ0) is 19.6. The average Bonchev–Trinajstić information content (AvgIpc) is 3.11. The molecule has 2 aromatic carbocycles. The summed E-state index contributed by atoms with van der Waals surface area (Å²) in [4.78, 5) is 12.8. The summed E-state index contributed by atoms with van der Waals surface area (Å²) < 4.78 is 54.7.